The first-order valence-corrected chi connectivity index (χ1v) is 8.40. The average molecular weight is 334 g/mol. The maximum Gasteiger partial charge on any atom is 0.142 e. The van der Waals surface area contributed by atoms with Crippen LogP contribution >= 0.6 is 0 Å². The third kappa shape index (κ3) is 3.18. The third-order valence-corrected chi connectivity index (χ3v) is 4.32. The standard InChI is InChI=1S/C20H19FN4/c1-14(12-19-23-17-8-4-5-9-18(17)24-19)13-25-11-10-22-20(25)15-6-2-3-7-16(15)21/h2-11,14H,12-13H2,1H3,(H,23,24). The Hall–Kier alpha value is -2.95. The fourth-order valence-corrected chi connectivity index (χ4v) is 3.18. The minimum absolute atomic E-state index is 0.250. The van der Waals surface area contributed by atoms with Gasteiger partial charge >= 0.3 is 0 Å². The second-order valence-electron chi connectivity index (χ2n) is 6.39. The zero-order chi connectivity index (χ0) is 17.2. The fraction of sp³-hybridized carbons (Fsp3) is 0.200. The van der Waals surface area contributed by atoms with Crippen molar-refractivity contribution in [3.63, 3.8) is 0 Å². The van der Waals surface area contributed by atoms with Gasteiger partial charge in [-0.2, -0.15) is 0 Å². The number of nitrogens with one attached hydrogen (secondary N) is 1. The molecule has 0 aliphatic carbocycles. The molecular weight excluding hydrogens is 315 g/mol. The van der Waals surface area contributed by atoms with Crippen molar-refractivity contribution in [1.29, 1.82) is 0 Å². The Balaban J connectivity index is 1.53. The van der Waals surface area contributed by atoms with Crippen LogP contribution in [0, 0.1) is 11.7 Å². The summed E-state index contributed by atoms with van der Waals surface area (Å²) in [6.45, 7) is 2.92. The Morgan fingerprint density at radius 2 is 1.92 bits per heavy atom. The average Bonchev–Trinajstić information content (AvgIpc) is 3.21. The molecule has 2 aromatic carbocycles. The molecule has 0 aliphatic rings. The topological polar surface area (TPSA) is 46.5 Å². The minimum Gasteiger partial charge on any atom is -0.342 e. The van der Waals surface area contributed by atoms with Crippen LogP contribution in [0.15, 0.2) is 60.9 Å². The van der Waals surface area contributed by atoms with Crippen LogP contribution in [0.5, 0.6) is 0 Å². The highest BCUT2D eigenvalue weighted by Crippen LogP contribution is 2.22. The summed E-state index contributed by atoms with van der Waals surface area (Å²) >= 11 is 0. The van der Waals surface area contributed by atoms with Crippen LogP contribution in [0.3, 0.4) is 0 Å². The van der Waals surface area contributed by atoms with E-state index in [2.05, 4.69) is 21.9 Å². The van der Waals surface area contributed by atoms with Gasteiger partial charge < -0.3 is 9.55 Å². The lowest BCUT2D eigenvalue weighted by Gasteiger charge is -2.14. The lowest BCUT2D eigenvalue weighted by Crippen LogP contribution is -2.12. The van der Waals surface area contributed by atoms with Crippen LogP contribution in [-0.2, 0) is 13.0 Å². The summed E-state index contributed by atoms with van der Waals surface area (Å²) in [5, 5.41) is 0. The molecule has 0 radical (unpaired) electrons. The number of hydrogen-bond donors (Lipinski definition) is 1. The molecule has 0 saturated heterocycles. The predicted octanol–water partition coefficient (Wildman–Crippen LogP) is 4.44. The van der Waals surface area contributed by atoms with E-state index in [4.69, 9.17) is 0 Å². The third-order valence-electron chi connectivity index (χ3n) is 4.32. The molecule has 1 unspecified atom stereocenters. The van der Waals surface area contributed by atoms with Gasteiger partial charge in [-0.1, -0.05) is 31.2 Å². The molecule has 1 N–H and O–H groups in total. The molecule has 0 saturated carbocycles. The van der Waals surface area contributed by atoms with Crippen LogP contribution in [0.25, 0.3) is 22.4 Å². The summed E-state index contributed by atoms with van der Waals surface area (Å²) < 4.78 is 16.1. The van der Waals surface area contributed by atoms with Crippen LogP contribution in [-0.4, -0.2) is 19.5 Å². The van der Waals surface area contributed by atoms with E-state index in [1.54, 1.807) is 18.3 Å². The zero-order valence-electron chi connectivity index (χ0n) is 14.0. The Kier molecular flexibility index (Phi) is 4.06. The summed E-state index contributed by atoms with van der Waals surface area (Å²) in [6, 6.07) is 14.8. The van der Waals surface area contributed by atoms with Gasteiger partial charge in [0.15, 0.2) is 0 Å². The molecule has 4 nitrogen and oxygen atoms in total. The molecule has 0 fully saturated rings. The molecule has 0 aliphatic heterocycles. The molecule has 4 aromatic rings. The van der Waals surface area contributed by atoms with E-state index < -0.39 is 0 Å². The first-order chi connectivity index (χ1) is 12.2. The Morgan fingerprint density at radius 3 is 2.76 bits per heavy atom. The minimum atomic E-state index is -0.250. The molecule has 25 heavy (non-hydrogen) atoms. The van der Waals surface area contributed by atoms with Crippen molar-refractivity contribution in [1.82, 2.24) is 19.5 Å². The SMILES string of the molecule is CC(Cc1nc2ccccc2[nH]1)Cn1ccnc1-c1ccccc1F. The van der Waals surface area contributed by atoms with Crippen molar-refractivity contribution in [3.8, 4) is 11.4 Å². The van der Waals surface area contributed by atoms with E-state index in [0.717, 1.165) is 29.8 Å². The fourth-order valence-electron chi connectivity index (χ4n) is 3.18. The summed E-state index contributed by atoms with van der Waals surface area (Å²) in [6.07, 6.45) is 4.44. The van der Waals surface area contributed by atoms with Crippen LogP contribution in [0.1, 0.15) is 12.7 Å². The highest BCUT2D eigenvalue weighted by atomic mass is 19.1. The van der Waals surface area contributed by atoms with Gasteiger partial charge in [0, 0.05) is 25.4 Å². The molecule has 1 atom stereocenters. The maximum absolute atomic E-state index is 14.1. The Labute approximate surface area is 145 Å². The molecule has 0 amide bonds. The van der Waals surface area contributed by atoms with Crippen molar-refractivity contribution in [3.05, 3.63) is 72.6 Å². The number of aromatic amines is 1. The lowest BCUT2D eigenvalue weighted by atomic mass is 10.1. The number of aromatic nitrogens is 4. The molecular formula is C20H19FN4. The van der Waals surface area contributed by atoms with E-state index >= 15 is 0 Å². The number of hydrogen-bond acceptors (Lipinski definition) is 2. The van der Waals surface area contributed by atoms with Crippen molar-refractivity contribution >= 4 is 11.0 Å². The van der Waals surface area contributed by atoms with Gasteiger partial charge in [0.05, 0.1) is 16.6 Å². The first-order valence-electron chi connectivity index (χ1n) is 8.40. The van der Waals surface area contributed by atoms with E-state index in [1.165, 1.54) is 6.07 Å². The van der Waals surface area contributed by atoms with Gasteiger partial charge in [0.2, 0.25) is 0 Å². The Morgan fingerprint density at radius 1 is 1.12 bits per heavy atom. The van der Waals surface area contributed by atoms with E-state index in [0.29, 0.717) is 17.3 Å². The second kappa shape index (κ2) is 6.51. The Bertz CT molecular complexity index is 969. The highest BCUT2D eigenvalue weighted by molar-refractivity contribution is 5.74. The molecule has 5 heteroatoms. The second-order valence-corrected chi connectivity index (χ2v) is 6.39. The summed E-state index contributed by atoms with van der Waals surface area (Å²) in [7, 11) is 0. The van der Waals surface area contributed by atoms with Gasteiger partial charge in [0.1, 0.15) is 17.5 Å². The maximum atomic E-state index is 14.1. The number of nitrogens with zero attached hydrogens (tertiary/aromatic N) is 3. The van der Waals surface area contributed by atoms with Crippen LogP contribution in [0.4, 0.5) is 4.39 Å². The van der Waals surface area contributed by atoms with Gasteiger partial charge in [-0.15, -0.1) is 0 Å². The molecule has 2 heterocycles. The first kappa shape index (κ1) is 15.6. The largest absolute Gasteiger partial charge is 0.342 e. The van der Waals surface area contributed by atoms with Crippen LogP contribution < -0.4 is 0 Å². The van der Waals surface area contributed by atoms with Gasteiger partial charge in [-0.25, -0.2) is 14.4 Å². The summed E-state index contributed by atoms with van der Waals surface area (Å²) in [5.74, 6) is 1.72. The zero-order valence-corrected chi connectivity index (χ0v) is 14.0. The molecule has 4 rings (SSSR count). The number of H-pyrrole nitrogens is 1. The van der Waals surface area contributed by atoms with Crippen molar-refractivity contribution in [2.75, 3.05) is 0 Å². The monoisotopic (exact) mass is 334 g/mol. The smallest absolute Gasteiger partial charge is 0.142 e. The number of imidazole rings is 2. The van der Waals surface area contributed by atoms with Crippen LogP contribution in [0.2, 0.25) is 0 Å². The summed E-state index contributed by atoms with van der Waals surface area (Å²) in [4.78, 5) is 12.3. The number of para-hydroxylation sites is 2. The highest BCUT2D eigenvalue weighted by Gasteiger charge is 2.14. The number of halogens is 1. The molecule has 126 valence electrons. The molecule has 0 bridgehead atoms. The van der Waals surface area contributed by atoms with Gasteiger partial charge in [0.25, 0.3) is 0 Å². The van der Waals surface area contributed by atoms with E-state index in [1.807, 2.05) is 41.1 Å². The number of fused-ring (bicyclic) bond motifs is 1. The molecule has 2 aromatic heterocycles. The predicted molar refractivity (Wildman–Crippen MR) is 96.6 cm³/mol. The normalized spacial score (nSPS) is 12.6. The number of benzene rings is 2. The van der Waals surface area contributed by atoms with Gasteiger partial charge in [-0.3, -0.25) is 0 Å². The van der Waals surface area contributed by atoms with Crippen molar-refractivity contribution < 1.29 is 4.39 Å². The molecule has 0 spiro atoms. The van der Waals surface area contributed by atoms with Crippen molar-refractivity contribution in [2.45, 2.75) is 19.9 Å². The number of rotatable bonds is 5. The van der Waals surface area contributed by atoms with Crippen molar-refractivity contribution in [2.24, 2.45) is 5.92 Å². The lowest BCUT2D eigenvalue weighted by molar-refractivity contribution is 0.473. The van der Waals surface area contributed by atoms with Gasteiger partial charge in [-0.05, 0) is 30.2 Å². The van der Waals surface area contributed by atoms with E-state index in [-0.39, 0.29) is 5.82 Å². The quantitative estimate of drug-likeness (QED) is 0.586. The van der Waals surface area contributed by atoms with E-state index in [9.17, 15) is 4.39 Å². The summed E-state index contributed by atoms with van der Waals surface area (Å²) in [5.41, 5.74) is 2.57.